The fraction of sp³-hybridized carbons (Fsp3) is 1.00. The molecule has 4 saturated carbocycles. The van der Waals surface area contributed by atoms with Crippen molar-refractivity contribution in [1.82, 2.24) is 0 Å². The molecule has 5 rings (SSSR count). The van der Waals surface area contributed by atoms with Crippen LogP contribution < -0.4 is 0 Å². The zero-order chi connectivity index (χ0) is 30.9. The molecule has 0 bridgehead atoms. The molecule has 244 valence electrons. The first-order chi connectivity index (χ1) is 19.6. The number of fused-ring (bicyclic) bond motifs is 5. The molecule has 1 saturated heterocycles. The molecule has 8 N–H and O–H groups in total. The summed E-state index contributed by atoms with van der Waals surface area (Å²) in [5.41, 5.74) is -2.21. The van der Waals surface area contributed by atoms with Gasteiger partial charge in [-0.05, 0) is 85.4 Å². The zero-order valence-electron chi connectivity index (χ0n) is 25.9. The number of ether oxygens (including phenoxy) is 2. The van der Waals surface area contributed by atoms with Gasteiger partial charge in [-0.15, -0.1) is 0 Å². The van der Waals surface area contributed by atoms with Crippen molar-refractivity contribution < 1.29 is 50.3 Å². The highest BCUT2D eigenvalue weighted by molar-refractivity contribution is 5.21. The van der Waals surface area contributed by atoms with Crippen LogP contribution in [0.15, 0.2) is 0 Å². The van der Waals surface area contributed by atoms with Crippen LogP contribution in [0.25, 0.3) is 0 Å². The molecular formula is C32H56O10. The van der Waals surface area contributed by atoms with Crippen LogP contribution in [0, 0.1) is 46.3 Å². The van der Waals surface area contributed by atoms with Crippen molar-refractivity contribution >= 4 is 0 Å². The van der Waals surface area contributed by atoms with Crippen LogP contribution in [-0.4, -0.2) is 108 Å². The van der Waals surface area contributed by atoms with Crippen molar-refractivity contribution in [3.8, 4) is 0 Å². The Labute approximate surface area is 250 Å². The van der Waals surface area contributed by atoms with Gasteiger partial charge in [-0.1, -0.05) is 34.6 Å². The summed E-state index contributed by atoms with van der Waals surface area (Å²) in [7, 11) is 0. The Morgan fingerprint density at radius 1 is 0.810 bits per heavy atom. The Morgan fingerprint density at radius 3 is 2.14 bits per heavy atom. The van der Waals surface area contributed by atoms with Crippen molar-refractivity contribution in [1.29, 1.82) is 0 Å². The largest absolute Gasteiger partial charge is 0.393 e. The monoisotopic (exact) mass is 600 g/mol. The molecule has 0 spiro atoms. The molecule has 1 aliphatic heterocycles. The van der Waals surface area contributed by atoms with Crippen molar-refractivity contribution in [2.45, 2.75) is 147 Å². The molecule has 0 amide bonds. The molecule has 4 aliphatic carbocycles. The number of hydrogen-bond acceptors (Lipinski definition) is 10. The lowest BCUT2D eigenvalue weighted by molar-refractivity contribution is -0.287. The molecular weight excluding hydrogens is 544 g/mol. The highest BCUT2D eigenvalue weighted by Gasteiger charge is 2.72. The summed E-state index contributed by atoms with van der Waals surface area (Å²) < 4.78 is 11.6. The Bertz CT molecular complexity index is 950. The first-order valence-electron chi connectivity index (χ1n) is 16.3. The lowest BCUT2D eigenvalue weighted by Gasteiger charge is -2.65. The fourth-order valence-electron chi connectivity index (χ4n) is 10.8. The predicted octanol–water partition coefficient (Wildman–Crippen LogP) is 0.930. The Balaban J connectivity index is 1.32. The quantitative estimate of drug-likeness (QED) is 0.209. The first kappa shape index (κ1) is 33.0. The molecule has 11 unspecified atom stereocenters. The zero-order valence-corrected chi connectivity index (χ0v) is 25.9. The second-order valence-corrected chi connectivity index (χ2v) is 15.6. The maximum Gasteiger partial charge on any atom is 0.186 e. The number of rotatable bonds is 7. The summed E-state index contributed by atoms with van der Waals surface area (Å²) in [4.78, 5) is 0. The van der Waals surface area contributed by atoms with Crippen LogP contribution in [0.1, 0.15) is 86.0 Å². The van der Waals surface area contributed by atoms with Gasteiger partial charge < -0.3 is 50.3 Å². The van der Waals surface area contributed by atoms with Gasteiger partial charge in [0.2, 0.25) is 0 Å². The molecule has 42 heavy (non-hydrogen) atoms. The summed E-state index contributed by atoms with van der Waals surface area (Å²) >= 11 is 0. The molecule has 5 fully saturated rings. The topological polar surface area (TPSA) is 180 Å². The van der Waals surface area contributed by atoms with Gasteiger partial charge in [0.25, 0.3) is 0 Å². The summed E-state index contributed by atoms with van der Waals surface area (Å²) in [5, 5.41) is 87.6. The molecule has 0 aromatic heterocycles. The molecule has 0 aromatic carbocycles. The van der Waals surface area contributed by atoms with Crippen molar-refractivity contribution in [2.24, 2.45) is 46.3 Å². The number of aliphatic hydroxyl groups is 8. The van der Waals surface area contributed by atoms with Crippen LogP contribution in [-0.2, 0) is 9.47 Å². The average Bonchev–Trinajstić information content (AvgIpc) is 3.12. The van der Waals surface area contributed by atoms with Gasteiger partial charge in [-0.25, -0.2) is 0 Å². The van der Waals surface area contributed by atoms with E-state index in [9.17, 15) is 40.9 Å². The van der Waals surface area contributed by atoms with E-state index in [0.29, 0.717) is 25.7 Å². The second kappa shape index (κ2) is 11.8. The average molecular weight is 601 g/mol. The van der Waals surface area contributed by atoms with Crippen molar-refractivity contribution in [3.63, 3.8) is 0 Å². The van der Waals surface area contributed by atoms with E-state index in [-0.39, 0.29) is 54.1 Å². The summed E-state index contributed by atoms with van der Waals surface area (Å²) in [6.45, 7) is 10.2. The molecule has 1 heterocycles. The van der Waals surface area contributed by atoms with Gasteiger partial charge in [0, 0.05) is 12.3 Å². The predicted molar refractivity (Wildman–Crippen MR) is 153 cm³/mol. The third kappa shape index (κ3) is 5.19. The van der Waals surface area contributed by atoms with Gasteiger partial charge in [-0.3, -0.25) is 0 Å². The van der Waals surface area contributed by atoms with E-state index < -0.39 is 66.0 Å². The summed E-state index contributed by atoms with van der Waals surface area (Å²) in [6, 6.07) is 0. The SMILES string of the molecule is CC(C)[C@H](CC[C@@H](C)C1C(O)C(O)C2C1(C)CCC1C3(C)CCC(O)CC3C(O)CC12O)O[C@@H]1OC[C@@H](O)[C@H](O)[C@H]1O. The van der Waals surface area contributed by atoms with Crippen LogP contribution in [0.5, 0.6) is 0 Å². The molecule has 0 radical (unpaired) electrons. The van der Waals surface area contributed by atoms with Gasteiger partial charge in [0.05, 0.1) is 42.7 Å². The maximum absolute atomic E-state index is 12.5. The fourth-order valence-corrected chi connectivity index (χ4v) is 10.8. The highest BCUT2D eigenvalue weighted by atomic mass is 16.7. The van der Waals surface area contributed by atoms with Crippen molar-refractivity contribution in [3.05, 3.63) is 0 Å². The minimum atomic E-state index is -1.37. The molecule has 10 nitrogen and oxygen atoms in total. The van der Waals surface area contributed by atoms with E-state index in [2.05, 4.69) is 20.8 Å². The molecule has 5 aliphatic rings. The lowest BCUT2D eigenvalue weighted by atomic mass is 9.42. The standard InChI is InChI=1S/C32H56O10/c1-15(2)21(42-29-27(39)24(36)20(35)14-41-29)7-6-16(3)23-25(37)26(38)28-31(23,5)11-9-22-30(4)10-8-17(33)12-18(30)19(34)13-32(22,28)40/h15-29,33-40H,6-14H2,1-5H3/t16-,17?,18?,19?,20-,21+,22?,23?,24+,25?,26?,27-,28?,29+,30?,31?,32?/m1/s1. The van der Waals surface area contributed by atoms with Crippen molar-refractivity contribution in [2.75, 3.05) is 6.61 Å². The Kier molecular flexibility index (Phi) is 9.23. The normalized spacial score (nSPS) is 54.1. The van der Waals surface area contributed by atoms with Gasteiger partial charge in [-0.2, -0.15) is 0 Å². The maximum atomic E-state index is 12.5. The minimum absolute atomic E-state index is 0.0269. The van der Waals surface area contributed by atoms with E-state index in [0.717, 1.165) is 19.3 Å². The van der Waals surface area contributed by atoms with E-state index >= 15 is 0 Å². The van der Waals surface area contributed by atoms with Gasteiger partial charge in [0.1, 0.15) is 18.3 Å². The minimum Gasteiger partial charge on any atom is -0.393 e. The highest BCUT2D eigenvalue weighted by Crippen LogP contribution is 2.69. The van der Waals surface area contributed by atoms with E-state index in [1.54, 1.807) is 0 Å². The summed E-state index contributed by atoms with van der Waals surface area (Å²) in [6.07, 6.45) is -3.84. The second-order valence-electron chi connectivity index (χ2n) is 15.6. The third-order valence-electron chi connectivity index (χ3n) is 12.9. The third-order valence-corrected chi connectivity index (χ3v) is 12.9. The van der Waals surface area contributed by atoms with Crippen LogP contribution in [0.4, 0.5) is 0 Å². The lowest BCUT2D eigenvalue weighted by Crippen LogP contribution is -2.68. The number of aliphatic hydroxyl groups excluding tert-OH is 7. The smallest absolute Gasteiger partial charge is 0.186 e. The Morgan fingerprint density at radius 2 is 1.48 bits per heavy atom. The summed E-state index contributed by atoms with van der Waals surface area (Å²) in [5.74, 6) is -1.05. The molecule has 17 atom stereocenters. The Hall–Kier alpha value is -0.400. The van der Waals surface area contributed by atoms with E-state index in [1.165, 1.54) is 0 Å². The van der Waals surface area contributed by atoms with Crippen LogP contribution >= 0.6 is 0 Å². The molecule has 0 aromatic rings. The van der Waals surface area contributed by atoms with Crippen LogP contribution in [0.3, 0.4) is 0 Å². The molecule has 10 heteroatoms. The first-order valence-corrected chi connectivity index (χ1v) is 16.3. The van der Waals surface area contributed by atoms with E-state index in [4.69, 9.17) is 9.47 Å². The number of hydrogen-bond donors (Lipinski definition) is 8. The van der Waals surface area contributed by atoms with Crippen LogP contribution in [0.2, 0.25) is 0 Å². The van der Waals surface area contributed by atoms with Gasteiger partial charge in [0.15, 0.2) is 6.29 Å². The van der Waals surface area contributed by atoms with Gasteiger partial charge >= 0.3 is 0 Å². The van der Waals surface area contributed by atoms with E-state index in [1.807, 2.05) is 13.8 Å².